The minimum absolute atomic E-state index is 0.00123. The molecule has 5 N–H and O–H groups in total. The third kappa shape index (κ3) is 1.72. The van der Waals surface area contributed by atoms with Gasteiger partial charge in [0.05, 0.1) is 5.02 Å². The van der Waals surface area contributed by atoms with E-state index in [1.165, 1.54) is 0 Å². The van der Waals surface area contributed by atoms with Crippen LogP contribution in [0.2, 0.25) is 5.02 Å². The lowest BCUT2D eigenvalue weighted by atomic mass is 10.2. The zero-order valence-corrected chi connectivity index (χ0v) is 8.95. The number of halogens is 1. The van der Waals surface area contributed by atoms with Crippen molar-refractivity contribution in [3.05, 3.63) is 39.6 Å². The lowest BCUT2D eigenvalue weighted by molar-refractivity contribution is 1.14. The molecule has 0 saturated carbocycles. The van der Waals surface area contributed by atoms with Crippen LogP contribution < -0.4 is 17.0 Å². The van der Waals surface area contributed by atoms with E-state index in [0.717, 1.165) is 0 Å². The molecule has 1 aromatic carbocycles. The number of nitrogen functional groups attached to an aromatic ring is 2. The van der Waals surface area contributed by atoms with Crippen LogP contribution in [0.4, 0.5) is 11.5 Å². The first kappa shape index (κ1) is 10.5. The average molecular weight is 237 g/mol. The molecule has 6 heteroatoms. The van der Waals surface area contributed by atoms with Gasteiger partial charge in [-0.1, -0.05) is 23.7 Å². The fourth-order valence-corrected chi connectivity index (χ4v) is 1.51. The number of nitrogens with one attached hydrogen (secondary N) is 1. The highest BCUT2D eigenvalue weighted by Gasteiger charge is 2.09. The second-order valence-corrected chi connectivity index (χ2v) is 3.60. The minimum Gasteiger partial charge on any atom is -0.391 e. The van der Waals surface area contributed by atoms with Crippen molar-refractivity contribution >= 4 is 23.1 Å². The fourth-order valence-electron chi connectivity index (χ4n) is 1.28. The Morgan fingerprint density at radius 2 is 1.94 bits per heavy atom. The summed E-state index contributed by atoms with van der Waals surface area (Å²) in [6.45, 7) is 0. The maximum absolute atomic E-state index is 11.4. The molecule has 0 aliphatic rings. The number of hydrogen-bond donors (Lipinski definition) is 3. The Kier molecular flexibility index (Phi) is 2.54. The number of aromatic nitrogens is 2. The fraction of sp³-hybridized carbons (Fsp3) is 0. The van der Waals surface area contributed by atoms with Crippen LogP contribution in [-0.4, -0.2) is 9.97 Å². The van der Waals surface area contributed by atoms with Crippen LogP contribution in [0.25, 0.3) is 11.4 Å². The molecule has 2 aromatic rings. The first-order valence-electron chi connectivity index (χ1n) is 4.50. The monoisotopic (exact) mass is 236 g/mol. The zero-order valence-electron chi connectivity index (χ0n) is 8.20. The highest BCUT2D eigenvalue weighted by molar-refractivity contribution is 6.33. The van der Waals surface area contributed by atoms with E-state index in [1.54, 1.807) is 24.3 Å². The zero-order chi connectivity index (χ0) is 11.7. The second kappa shape index (κ2) is 3.86. The van der Waals surface area contributed by atoms with E-state index >= 15 is 0 Å². The van der Waals surface area contributed by atoms with Crippen molar-refractivity contribution in [2.24, 2.45) is 0 Å². The van der Waals surface area contributed by atoms with Gasteiger partial charge in [0.25, 0.3) is 5.56 Å². The largest absolute Gasteiger partial charge is 0.391 e. The van der Waals surface area contributed by atoms with Crippen molar-refractivity contribution in [1.82, 2.24) is 9.97 Å². The van der Waals surface area contributed by atoms with Crippen molar-refractivity contribution in [1.29, 1.82) is 0 Å². The van der Waals surface area contributed by atoms with Crippen LogP contribution in [0.5, 0.6) is 0 Å². The number of H-pyrrole nitrogens is 1. The molecule has 0 radical (unpaired) electrons. The van der Waals surface area contributed by atoms with Crippen LogP contribution in [0.15, 0.2) is 29.1 Å². The number of aromatic amines is 1. The van der Waals surface area contributed by atoms with Gasteiger partial charge in [0, 0.05) is 5.56 Å². The molecule has 0 saturated heterocycles. The molecular formula is C10H9ClN4O. The van der Waals surface area contributed by atoms with E-state index < -0.39 is 5.56 Å². The summed E-state index contributed by atoms with van der Waals surface area (Å²) in [5, 5.41) is 0.481. The number of rotatable bonds is 1. The summed E-state index contributed by atoms with van der Waals surface area (Å²) in [5.41, 5.74) is 11.0. The summed E-state index contributed by atoms with van der Waals surface area (Å²) in [4.78, 5) is 17.9. The van der Waals surface area contributed by atoms with Crippen LogP contribution in [0.3, 0.4) is 0 Å². The molecule has 0 atom stereocenters. The Hall–Kier alpha value is -2.01. The van der Waals surface area contributed by atoms with Crippen LogP contribution in [0, 0.1) is 0 Å². The average Bonchev–Trinajstić information content (AvgIpc) is 2.26. The van der Waals surface area contributed by atoms with Crippen LogP contribution in [-0.2, 0) is 0 Å². The highest BCUT2D eigenvalue weighted by atomic mass is 35.5. The molecule has 1 heterocycles. The Bertz CT molecular complexity index is 594. The van der Waals surface area contributed by atoms with Crippen molar-refractivity contribution in [2.75, 3.05) is 11.5 Å². The first-order valence-corrected chi connectivity index (χ1v) is 4.87. The van der Waals surface area contributed by atoms with Crippen molar-refractivity contribution in [3.63, 3.8) is 0 Å². The van der Waals surface area contributed by atoms with E-state index in [4.69, 9.17) is 23.1 Å². The van der Waals surface area contributed by atoms with E-state index in [2.05, 4.69) is 9.97 Å². The number of anilines is 2. The predicted molar refractivity (Wildman–Crippen MR) is 64.1 cm³/mol. The molecule has 16 heavy (non-hydrogen) atoms. The van der Waals surface area contributed by atoms with Gasteiger partial charge in [0.2, 0.25) is 0 Å². The third-order valence-electron chi connectivity index (χ3n) is 2.11. The summed E-state index contributed by atoms with van der Waals surface area (Å²) >= 11 is 5.97. The second-order valence-electron chi connectivity index (χ2n) is 3.19. The molecule has 0 fully saturated rings. The maximum atomic E-state index is 11.4. The minimum atomic E-state index is -0.470. The molecule has 1 aromatic heterocycles. The lowest BCUT2D eigenvalue weighted by Gasteiger charge is -2.05. The SMILES string of the molecule is Nc1nc(-c2ccccc2Cl)[nH]c(=O)c1N. The number of benzene rings is 1. The van der Waals surface area contributed by atoms with Gasteiger partial charge < -0.3 is 16.5 Å². The highest BCUT2D eigenvalue weighted by Crippen LogP contribution is 2.24. The molecule has 0 spiro atoms. The normalized spacial score (nSPS) is 10.3. The van der Waals surface area contributed by atoms with Gasteiger partial charge in [-0.25, -0.2) is 4.98 Å². The van der Waals surface area contributed by atoms with Gasteiger partial charge in [0.15, 0.2) is 5.82 Å². The lowest BCUT2D eigenvalue weighted by Crippen LogP contribution is -2.17. The quantitative estimate of drug-likeness (QED) is 0.694. The Morgan fingerprint density at radius 1 is 1.25 bits per heavy atom. The predicted octanol–water partition coefficient (Wildman–Crippen LogP) is 1.25. The molecule has 82 valence electrons. The summed E-state index contributed by atoms with van der Waals surface area (Å²) < 4.78 is 0. The third-order valence-corrected chi connectivity index (χ3v) is 2.44. The van der Waals surface area contributed by atoms with E-state index in [0.29, 0.717) is 16.4 Å². The van der Waals surface area contributed by atoms with E-state index in [1.807, 2.05) is 0 Å². The summed E-state index contributed by atoms with van der Waals surface area (Å²) in [6, 6.07) is 7.00. The number of nitrogens with two attached hydrogens (primary N) is 2. The standard InChI is InChI=1S/C10H9ClN4O/c11-6-4-2-1-3-5(6)9-14-8(13)7(12)10(16)15-9/h1-4H,12H2,(H3,13,14,15,16). The Labute approximate surface area is 96.1 Å². The van der Waals surface area contributed by atoms with Gasteiger partial charge in [0.1, 0.15) is 11.5 Å². The van der Waals surface area contributed by atoms with E-state index in [9.17, 15) is 4.79 Å². The van der Waals surface area contributed by atoms with Crippen molar-refractivity contribution in [3.8, 4) is 11.4 Å². The number of nitrogens with zero attached hydrogens (tertiary/aromatic N) is 1. The van der Waals surface area contributed by atoms with Crippen molar-refractivity contribution < 1.29 is 0 Å². The topological polar surface area (TPSA) is 97.8 Å². The smallest absolute Gasteiger partial charge is 0.276 e. The molecule has 0 aliphatic heterocycles. The molecule has 0 amide bonds. The summed E-state index contributed by atoms with van der Waals surface area (Å²) in [5.74, 6) is 0.306. The van der Waals surface area contributed by atoms with Gasteiger partial charge in [-0.3, -0.25) is 4.79 Å². The van der Waals surface area contributed by atoms with Gasteiger partial charge in [-0.15, -0.1) is 0 Å². The van der Waals surface area contributed by atoms with Gasteiger partial charge in [-0.2, -0.15) is 0 Å². The molecule has 5 nitrogen and oxygen atoms in total. The summed E-state index contributed by atoms with van der Waals surface area (Å²) in [6.07, 6.45) is 0. The van der Waals surface area contributed by atoms with E-state index in [-0.39, 0.29) is 11.5 Å². The molecule has 0 unspecified atom stereocenters. The Morgan fingerprint density at radius 3 is 2.56 bits per heavy atom. The molecule has 0 bridgehead atoms. The number of hydrogen-bond acceptors (Lipinski definition) is 4. The molecule has 0 aliphatic carbocycles. The van der Waals surface area contributed by atoms with Gasteiger partial charge >= 0.3 is 0 Å². The van der Waals surface area contributed by atoms with Crippen LogP contribution >= 0.6 is 11.6 Å². The first-order chi connectivity index (χ1) is 7.59. The Balaban J connectivity index is 2.67. The summed E-state index contributed by atoms with van der Waals surface area (Å²) in [7, 11) is 0. The van der Waals surface area contributed by atoms with Crippen LogP contribution in [0.1, 0.15) is 0 Å². The molecular weight excluding hydrogens is 228 g/mol. The molecule has 2 rings (SSSR count). The van der Waals surface area contributed by atoms with Crippen molar-refractivity contribution in [2.45, 2.75) is 0 Å². The van der Waals surface area contributed by atoms with Gasteiger partial charge in [-0.05, 0) is 12.1 Å². The maximum Gasteiger partial charge on any atom is 0.276 e.